The molecular weight excluding hydrogens is 828 g/mol. The molecule has 0 unspecified atom stereocenters. The van der Waals surface area contributed by atoms with Crippen molar-refractivity contribution in [2.24, 2.45) is 0 Å². The lowest BCUT2D eigenvalue weighted by Gasteiger charge is -2.47. The summed E-state index contributed by atoms with van der Waals surface area (Å²) in [4.78, 5) is 7.31. The Balaban J connectivity index is 1.33. The fourth-order valence-corrected chi connectivity index (χ4v) is 11.3. The lowest BCUT2D eigenvalue weighted by atomic mass is 9.35. The van der Waals surface area contributed by atoms with E-state index in [2.05, 4.69) is 224 Å². The number of hydrogen-bond acceptors (Lipinski definition) is 5. The van der Waals surface area contributed by atoms with Gasteiger partial charge in [-0.25, -0.2) is 0 Å². The van der Waals surface area contributed by atoms with Crippen molar-refractivity contribution < 1.29 is 4.42 Å². The van der Waals surface area contributed by atoms with Crippen LogP contribution in [0.2, 0.25) is 0 Å². The zero-order valence-electron chi connectivity index (χ0n) is 41.5. The minimum atomic E-state index is -0.224. The van der Waals surface area contributed by atoms with Crippen LogP contribution in [0.4, 0.5) is 51.2 Å². The SMILES string of the molecule is Cc1ccccc1N1c2cc3c(cc2B2c4oc5ccc(C(C)(C)C)cc5c4N(c4ccc(C(C)(C)C)cc4)c4cc(N(c5ccccc5)c5ccccc5C#N)cc1c42)C(C)(C)CCC3(C)C. The molecule has 338 valence electrons. The summed E-state index contributed by atoms with van der Waals surface area (Å²) in [5.41, 5.74) is 20.7. The number of rotatable bonds is 5. The summed E-state index contributed by atoms with van der Waals surface area (Å²) < 4.78 is 7.44. The number of benzene rings is 7. The monoisotopic (exact) mass is 888 g/mol. The number of nitriles is 1. The molecule has 0 amide bonds. The van der Waals surface area contributed by atoms with Gasteiger partial charge in [-0.3, -0.25) is 0 Å². The van der Waals surface area contributed by atoms with Gasteiger partial charge in [0.05, 0.1) is 28.3 Å². The summed E-state index contributed by atoms with van der Waals surface area (Å²) in [6.45, 7) is 25.4. The zero-order chi connectivity index (χ0) is 47.7. The molecule has 0 bridgehead atoms. The number of fused-ring (bicyclic) bond motifs is 7. The van der Waals surface area contributed by atoms with Crippen LogP contribution >= 0.6 is 0 Å². The summed E-state index contributed by atoms with van der Waals surface area (Å²) >= 11 is 0. The molecule has 1 aromatic heterocycles. The smallest absolute Gasteiger partial charge is 0.297 e. The Hall–Kier alpha value is -6.97. The second-order valence-corrected chi connectivity index (χ2v) is 22.9. The molecule has 68 heavy (non-hydrogen) atoms. The van der Waals surface area contributed by atoms with Gasteiger partial charge in [0.2, 0.25) is 0 Å². The minimum absolute atomic E-state index is 0.0154. The van der Waals surface area contributed by atoms with E-state index in [1.807, 2.05) is 18.2 Å². The van der Waals surface area contributed by atoms with Gasteiger partial charge in [0.25, 0.3) is 6.71 Å². The average molecular weight is 889 g/mol. The fourth-order valence-electron chi connectivity index (χ4n) is 11.3. The van der Waals surface area contributed by atoms with Crippen LogP contribution in [0.25, 0.3) is 11.0 Å². The molecule has 0 atom stereocenters. The molecule has 7 aromatic carbocycles. The van der Waals surface area contributed by atoms with Crippen molar-refractivity contribution in [2.75, 3.05) is 14.7 Å². The number of nitrogens with zero attached hydrogens (tertiary/aromatic N) is 4. The van der Waals surface area contributed by atoms with Crippen LogP contribution in [-0.2, 0) is 21.7 Å². The molecule has 0 spiro atoms. The van der Waals surface area contributed by atoms with Crippen molar-refractivity contribution >= 4 is 85.5 Å². The highest BCUT2D eigenvalue weighted by molar-refractivity contribution is 7.00. The van der Waals surface area contributed by atoms with E-state index in [1.165, 1.54) is 44.4 Å². The van der Waals surface area contributed by atoms with Crippen molar-refractivity contribution in [3.8, 4) is 6.07 Å². The van der Waals surface area contributed by atoms with Gasteiger partial charge in [-0.1, -0.05) is 142 Å². The molecule has 2 aliphatic heterocycles. The molecule has 0 saturated carbocycles. The molecule has 8 aromatic rings. The number of anilines is 9. The highest BCUT2D eigenvalue weighted by Crippen LogP contribution is 2.53. The first-order chi connectivity index (χ1) is 32.4. The van der Waals surface area contributed by atoms with Gasteiger partial charge in [0.15, 0.2) is 0 Å². The topological polar surface area (TPSA) is 46.7 Å². The predicted octanol–water partition coefficient (Wildman–Crippen LogP) is 15.1. The summed E-state index contributed by atoms with van der Waals surface area (Å²) in [5, 5.41) is 11.8. The van der Waals surface area contributed by atoms with Crippen molar-refractivity contribution in [1.29, 1.82) is 5.26 Å². The van der Waals surface area contributed by atoms with Gasteiger partial charge in [-0.15, -0.1) is 0 Å². The molecule has 6 heteroatoms. The second kappa shape index (κ2) is 15.3. The fraction of sp³-hybridized carbons (Fsp3) is 0.274. The van der Waals surface area contributed by atoms with Crippen LogP contribution in [0.1, 0.15) is 115 Å². The Morgan fingerprint density at radius 1 is 0.603 bits per heavy atom. The van der Waals surface area contributed by atoms with E-state index in [0.29, 0.717) is 5.56 Å². The largest absolute Gasteiger partial charge is 0.468 e. The number of hydrogen-bond donors (Lipinski definition) is 0. The highest BCUT2D eigenvalue weighted by Gasteiger charge is 2.49. The molecule has 0 radical (unpaired) electrons. The van der Waals surface area contributed by atoms with E-state index < -0.39 is 0 Å². The molecule has 3 aliphatic rings. The Morgan fingerprint density at radius 2 is 1.21 bits per heavy atom. The molecular formula is C62H61BN4O. The average Bonchev–Trinajstić information content (AvgIpc) is 3.69. The molecule has 5 nitrogen and oxygen atoms in total. The van der Waals surface area contributed by atoms with E-state index in [9.17, 15) is 5.26 Å². The lowest BCUT2D eigenvalue weighted by molar-refractivity contribution is 0.332. The number of aryl methyl sites for hydroxylation is 1. The first-order valence-electron chi connectivity index (χ1n) is 24.4. The Bertz CT molecular complexity index is 3360. The van der Waals surface area contributed by atoms with E-state index in [0.717, 1.165) is 75.0 Å². The number of furan rings is 1. The van der Waals surface area contributed by atoms with Crippen LogP contribution in [0.5, 0.6) is 0 Å². The third-order valence-electron chi connectivity index (χ3n) is 15.4. The van der Waals surface area contributed by atoms with Crippen molar-refractivity contribution in [3.63, 3.8) is 0 Å². The van der Waals surface area contributed by atoms with Crippen LogP contribution in [0.3, 0.4) is 0 Å². The highest BCUT2D eigenvalue weighted by atomic mass is 16.3. The third kappa shape index (κ3) is 6.80. The molecule has 0 fully saturated rings. The van der Waals surface area contributed by atoms with Gasteiger partial charge in [0, 0.05) is 39.5 Å². The molecule has 0 saturated heterocycles. The first kappa shape index (κ1) is 43.6. The van der Waals surface area contributed by atoms with E-state index in [4.69, 9.17) is 4.42 Å². The van der Waals surface area contributed by atoms with E-state index >= 15 is 0 Å². The zero-order valence-corrected chi connectivity index (χ0v) is 41.5. The maximum atomic E-state index is 10.7. The standard InChI is InChI=1S/C62H61BN4O/c1-39-19-15-17-23-50(39)67-52-37-48-47(61(8,9)31-32-62(48,10)11)36-49(52)63-56-53(34-45(35-54(56)67)65(43-21-13-12-14-22-43)51-24-18-16-20-40(51)38-64)66(44-28-25-41(26-29-44)59(2,3)4)57-46-33-42(60(5,6)7)27-30-55(46)68-58(57)63/h12-30,33-37H,31-32H2,1-11H3. The molecule has 1 aliphatic carbocycles. The molecule has 3 heterocycles. The van der Waals surface area contributed by atoms with Crippen molar-refractivity contribution in [2.45, 2.75) is 111 Å². The maximum absolute atomic E-state index is 10.7. The van der Waals surface area contributed by atoms with Crippen LogP contribution < -0.4 is 31.3 Å². The Morgan fingerprint density at radius 3 is 1.87 bits per heavy atom. The summed E-state index contributed by atoms with van der Waals surface area (Å²) in [6, 6.07) is 55.7. The van der Waals surface area contributed by atoms with Gasteiger partial charge < -0.3 is 19.1 Å². The number of para-hydroxylation sites is 3. The Kier molecular flexibility index (Phi) is 9.79. The van der Waals surface area contributed by atoms with Gasteiger partial charge in [0.1, 0.15) is 11.7 Å². The van der Waals surface area contributed by atoms with Gasteiger partial charge >= 0.3 is 0 Å². The van der Waals surface area contributed by atoms with E-state index in [1.54, 1.807) is 0 Å². The summed E-state index contributed by atoms with van der Waals surface area (Å²) in [7, 11) is 0. The summed E-state index contributed by atoms with van der Waals surface area (Å²) in [5.74, 6) is 0. The third-order valence-corrected chi connectivity index (χ3v) is 15.4. The first-order valence-corrected chi connectivity index (χ1v) is 24.4. The van der Waals surface area contributed by atoms with Crippen LogP contribution in [0.15, 0.2) is 150 Å². The van der Waals surface area contributed by atoms with Crippen molar-refractivity contribution in [3.05, 3.63) is 179 Å². The van der Waals surface area contributed by atoms with Gasteiger partial charge in [-0.05, 0) is 153 Å². The van der Waals surface area contributed by atoms with Gasteiger partial charge in [-0.2, -0.15) is 5.26 Å². The van der Waals surface area contributed by atoms with E-state index in [-0.39, 0.29) is 28.4 Å². The molecule has 0 N–H and O–H groups in total. The van der Waals surface area contributed by atoms with Crippen LogP contribution in [-0.4, -0.2) is 6.71 Å². The minimum Gasteiger partial charge on any atom is -0.468 e. The molecule has 11 rings (SSSR count). The lowest BCUT2D eigenvalue weighted by Crippen LogP contribution is -2.61. The maximum Gasteiger partial charge on any atom is 0.297 e. The normalized spacial score (nSPS) is 15.6. The summed E-state index contributed by atoms with van der Waals surface area (Å²) in [6.07, 6.45) is 2.23. The second-order valence-electron chi connectivity index (χ2n) is 22.9. The van der Waals surface area contributed by atoms with Crippen molar-refractivity contribution in [1.82, 2.24) is 0 Å². The Labute approximate surface area is 403 Å². The quantitative estimate of drug-likeness (QED) is 0.161. The predicted molar refractivity (Wildman–Crippen MR) is 287 cm³/mol. The van der Waals surface area contributed by atoms with Crippen LogP contribution in [0, 0.1) is 18.3 Å².